The molecule has 2 rings (SSSR count). The maximum absolute atomic E-state index is 6.30. The van der Waals surface area contributed by atoms with Crippen LogP contribution in [0.25, 0.3) is 0 Å². The van der Waals surface area contributed by atoms with E-state index < -0.39 is 0 Å². The topological polar surface area (TPSA) is 31.0 Å². The van der Waals surface area contributed by atoms with Crippen molar-refractivity contribution in [3.05, 3.63) is 22.7 Å². The quantitative estimate of drug-likeness (QED) is 0.746. The summed E-state index contributed by atoms with van der Waals surface area (Å²) in [6.45, 7) is 4.36. The highest BCUT2D eigenvalue weighted by atomic mass is 35.5. The molecule has 0 aromatic heterocycles. The first kappa shape index (κ1) is 14.5. The summed E-state index contributed by atoms with van der Waals surface area (Å²) in [5.41, 5.74) is 1.08. The zero-order valence-electron chi connectivity index (χ0n) is 11.9. The number of methoxy groups -OCH3 is 2. The van der Waals surface area contributed by atoms with Gasteiger partial charge in [-0.3, -0.25) is 0 Å². The van der Waals surface area contributed by atoms with Crippen molar-refractivity contribution in [1.82, 2.24) is 0 Å². The molecule has 1 aliphatic rings. The van der Waals surface area contributed by atoms with Gasteiger partial charge in [0.15, 0.2) is 11.5 Å². The molecule has 0 N–H and O–H groups in total. The molecule has 3 atom stereocenters. The van der Waals surface area contributed by atoms with Crippen LogP contribution in [0.15, 0.2) is 12.1 Å². The van der Waals surface area contributed by atoms with Crippen molar-refractivity contribution in [2.75, 3.05) is 14.2 Å². The van der Waals surface area contributed by atoms with Crippen molar-refractivity contribution in [3.63, 3.8) is 0 Å². The van der Waals surface area contributed by atoms with E-state index in [1.807, 2.05) is 12.1 Å². The van der Waals surface area contributed by atoms with Gasteiger partial charge in [-0.05, 0) is 30.4 Å². The van der Waals surface area contributed by atoms with Crippen molar-refractivity contribution in [2.24, 2.45) is 5.92 Å². The second kappa shape index (κ2) is 6.02. The van der Waals surface area contributed by atoms with Gasteiger partial charge in [0.2, 0.25) is 0 Å². The monoisotopic (exact) mass is 284 g/mol. The Hall–Kier alpha value is -0.930. The molecule has 4 heteroatoms. The van der Waals surface area contributed by atoms with Gasteiger partial charge >= 0.3 is 0 Å². The number of halogens is 1. The molecule has 0 radical (unpaired) electrons. The van der Waals surface area contributed by atoms with Crippen LogP contribution in [0.5, 0.6) is 11.5 Å². The zero-order valence-corrected chi connectivity index (χ0v) is 12.7. The van der Waals surface area contributed by atoms with E-state index >= 15 is 0 Å². The van der Waals surface area contributed by atoms with E-state index in [4.69, 9.17) is 25.8 Å². The van der Waals surface area contributed by atoms with Gasteiger partial charge in [-0.2, -0.15) is 0 Å². The van der Waals surface area contributed by atoms with Crippen molar-refractivity contribution in [3.8, 4) is 11.5 Å². The zero-order chi connectivity index (χ0) is 14.0. The third-order valence-electron chi connectivity index (χ3n) is 3.68. The Bertz CT molecular complexity index is 447. The molecular formula is C15H21ClO3. The first-order chi connectivity index (χ1) is 9.10. The molecule has 3 nitrogen and oxygen atoms in total. The molecule has 0 spiro atoms. The van der Waals surface area contributed by atoms with Crippen LogP contribution in [0.3, 0.4) is 0 Å². The Kier molecular flexibility index (Phi) is 4.58. The number of hydrogen-bond donors (Lipinski definition) is 0. The van der Waals surface area contributed by atoms with Gasteiger partial charge in [0.25, 0.3) is 0 Å². The molecular weight excluding hydrogens is 264 g/mol. The number of hydrogen-bond acceptors (Lipinski definition) is 3. The Morgan fingerprint density at radius 1 is 1.26 bits per heavy atom. The average molecular weight is 285 g/mol. The third-order valence-corrected chi connectivity index (χ3v) is 4.03. The summed E-state index contributed by atoms with van der Waals surface area (Å²) in [5, 5.41) is 0.721. The van der Waals surface area contributed by atoms with E-state index in [1.165, 1.54) is 0 Å². The van der Waals surface area contributed by atoms with E-state index in [2.05, 4.69) is 13.8 Å². The van der Waals surface area contributed by atoms with Crippen LogP contribution in [0.1, 0.15) is 25.8 Å². The van der Waals surface area contributed by atoms with E-state index in [-0.39, 0.29) is 0 Å². The van der Waals surface area contributed by atoms with Crippen LogP contribution in [-0.4, -0.2) is 26.4 Å². The van der Waals surface area contributed by atoms with E-state index in [9.17, 15) is 0 Å². The number of rotatable bonds is 6. The Morgan fingerprint density at radius 3 is 2.42 bits per heavy atom. The van der Waals surface area contributed by atoms with E-state index in [0.29, 0.717) is 23.9 Å². The van der Waals surface area contributed by atoms with Crippen LogP contribution in [0.4, 0.5) is 0 Å². The van der Waals surface area contributed by atoms with Crippen LogP contribution < -0.4 is 9.47 Å². The highest BCUT2D eigenvalue weighted by Gasteiger charge is 2.41. The lowest BCUT2D eigenvalue weighted by molar-refractivity contribution is 0.322. The standard InChI is InChI=1S/C15H21ClO3/c1-5-12-15(19-12)9(2)6-10-7-13(17-3)14(18-4)8-11(10)16/h7-9,12,15H,5-6H2,1-4H3. The van der Waals surface area contributed by atoms with Gasteiger partial charge in [0, 0.05) is 11.1 Å². The van der Waals surface area contributed by atoms with E-state index in [1.54, 1.807) is 14.2 Å². The van der Waals surface area contributed by atoms with Gasteiger partial charge in [-0.15, -0.1) is 0 Å². The highest BCUT2D eigenvalue weighted by Crippen LogP contribution is 2.37. The molecule has 0 saturated carbocycles. The summed E-state index contributed by atoms with van der Waals surface area (Å²) in [7, 11) is 3.25. The maximum Gasteiger partial charge on any atom is 0.162 e. The summed E-state index contributed by atoms with van der Waals surface area (Å²) in [5.74, 6) is 1.84. The molecule has 1 aromatic rings. The van der Waals surface area contributed by atoms with Crippen molar-refractivity contribution in [2.45, 2.75) is 38.9 Å². The second-order valence-corrected chi connectivity index (χ2v) is 5.43. The van der Waals surface area contributed by atoms with Gasteiger partial charge in [-0.25, -0.2) is 0 Å². The minimum atomic E-state index is 0.370. The number of ether oxygens (including phenoxy) is 3. The lowest BCUT2D eigenvalue weighted by atomic mass is 9.95. The Labute approximate surface area is 119 Å². The average Bonchev–Trinajstić information content (AvgIpc) is 3.20. The van der Waals surface area contributed by atoms with Crippen LogP contribution in [0, 0.1) is 5.92 Å². The second-order valence-electron chi connectivity index (χ2n) is 5.03. The van der Waals surface area contributed by atoms with Gasteiger partial charge < -0.3 is 14.2 Å². The lowest BCUT2D eigenvalue weighted by Crippen LogP contribution is -2.10. The highest BCUT2D eigenvalue weighted by molar-refractivity contribution is 6.31. The minimum Gasteiger partial charge on any atom is -0.493 e. The predicted molar refractivity (Wildman–Crippen MR) is 76.4 cm³/mol. The van der Waals surface area contributed by atoms with Crippen LogP contribution >= 0.6 is 11.6 Å². The molecule has 0 amide bonds. The van der Waals surface area contributed by atoms with Gasteiger partial charge in [-0.1, -0.05) is 25.4 Å². The lowest BCUT2D eigenvalue weighted by Gasteiger charge is -2.14. The Morgan fingerprint density at radius 2 is 1.89 bits per heavy atom. The minimum absolute atomic E-state index is 0.370. The molecule has 19 heavy (non-hydrogen) atoms. The van der Waals surface area contributed by atoms with Crippen molar-refractivity contribution >= 4 is 11.6 Å². The maximum atomic E-state index is 6.30. The summed E-state index contributed by atoms with van der Waals surface area (Å²) in [6.07, 6.45) is 2.76. The number of epoxide rings is 1. The molecule has 1 fully saturated rings. The van der Waals surface area contributed by atoms with Gasteiger partial charge in [0.1, 0.15) is 0 Å². The largest absolute Gasteiger partial charge is 0.493 e. The summed E-state index contributed by atoms with van der Waals surface area (Å²) < 4.78 is 16.2. The molecule has 106 valence electrons. The van der Waals surface area contributed by atoms with Crippen molar-refractivity contribution in [1.29, 1.82) is 0 Å². The number of benzene rings is 1. The Balaban J connectivity index is 2.11. The first-order valence-corrected chi connectivity index (χ1v) is 7.04. The molecule has 0 bridgehead atoms. The molecule has 0 aliphatic carbocycles. The fourth-order valence-electron chi connectivity index (χ4n) is 2.50. The van der Waals surface area contributed by atoms with Gasteiger partial charge in [0.05, 0.1) is 26.4 Å². The summed E-state index contributed by atoms with van der Waals surface area (Å²) >= 11 is 6.30. The van der Waals surface area contributed by atoms with Crippen LogP contribution in [-0.2, 0) is 11.2 Å². The van der Waals surface area contributed by atoms with E-state index in [0.717, 1.165) is 29.2 Å². The predicted octanol–water partition coefficient (Wildman–Crippen LogP) is 3.71. The smallest absolute Gasteiger partial charge is 0.162 e. The first-order valence-electron chi connectivity index (χ1n) is 6.66. The summed E-state index contributed by atoms with van der Waals surface area (Å²) in [4.78, 5) is 0. The van der Waals surface area contributed by atoms with Crippen LogP contribution in [0.2, 0.25) is 5.02 Å². The normalized spacial score (nSPS) is 23.0. The fourth-order valence-corrected chi connectivity index (χ4v) is 2.73. The van der Waals surface area contributed by atoms with Crippen molar-refractivity contribution < 1.29 is 14.2 Å². The SMILES string of the molecule is CCC1OC1C(C)Cc1cc(OC)c(OC)cc1Cl. The third kappa shape index (κ3) is 3.15. The fraction of sp³-hybridized carbons (Fsp3) is 0.600. The molecule has 1 aliphatic heterocycles. The molecule has 1 saturated heterocycles. The molecule has 1 heterocycles. The summed E-state index contributed by atoms with van der Waals surface area (Å²) in [6, 6.07) is 3.77. The molecule has 1 aromatic carbocycles. The molecule has 3 unspecified atom stereocenters.